The molecule has 152 valence electrons. The van der Waals surface area contributed by atoms with Crippen molar-refractivity contribution in [3.05, 3.63) is 59.0 Å². The molecule has 2 aromatic heterocycles. The van der Waals surface area contributed by atoms with Crippen LogP contribution in [0.15, 0.2) is 48.5 Å². The van der Waals surface area contributed by atoms with Crippen molar-refractivity contribution in [3.8, 4) is 17.2 Å². The Morgan fingerprint density at radius 2 is 1.90 bits per heavy atom. The summed E-state index contributed by atoms with van der Waals surface area (Å²) in [6.07, 6.45) is 0. The van der Waals surface area contributed by atoms with Crippen LogP contribution in [0.1, 0.15) is 28.2 Å². The SMILES string of the molecule is COc1ccc2cc3cc(C(=O)N[C@H](C)c4ccc5c(c4)OCCO5)sc3nc2c1. The summed E-state index contributed by atoms with van der Waals surface area (Å²) in [4.78, 5) is 19.0. The number of rotatable bonds is 4. The topological polar surface area (TPSA) is 69.7 Å². The number of nitrogens with one attached hydrogen (secondary N) is 1. The number of hydrogen-bond donors (Lipinski definition) is 1. The van der Waals surface area contributed by atoms with Crippen LogP contribution < -0.4 is 19.5 Å². The van der Waals surface area contributed by atoms with E-state index in [1.807, 2.05) is 49.4 Å². The first-order chi connectivity index (χ1) is 14.6. The maximum absolute atomic E-state index is 12.9. The van der Waals surface area contributed by atoms with Crippen molar-refractivity contribution in [2.45, 2.75) is 13.0 Å². The fraction of sp³-hybridized carbons (Fsp3) is 0.217. The number of thiophene rings is 1. The van der Waals surface area contributed by atoms with E-state index in [4.69, 9.17) is 19.2 Å². The lowest BCUT2D eigenvalue weighted by Crippen LogP contribution is -2.26. The summed E-state index contributed by atoms with van der Waals surface area (Å²) in [6, 6.07) is 15.3. The highest BCUT2D eigenvalue weighted by Gasteiger charge is 2.18. The van der Waals surface area contributed by atoms with E-state index >= 15 is 0 Å². The zero-order valence-electron chi connectivity index (χ0n) is 16.6. The number of pyridine rings is 1. The first-order valence-corrected chi connectivity index (χ1v) is 10.5. The van der Waals surface area contributed by atoms with E-state index in [1.165, 1.54) is 11.3 Å². The number of aromatic nitrogens is 1. The van der Waals surface area contributed by atoms with Gasteiger partial charge in [-0.1, -0.05) is 6.07 Å². The number of nitrogens with zero attached hydrogens (tertiary/aromatic N) is 1. The van der Waals surface area contributed by atoms with Crippen molar-refractivity contribution in [1.29, 1.82) is 0 Å². The van der Waals surface area contributed by atoms with E-state index in [-0.39, 0.29) is 11.9 Å². The third kappa shape index (κ3) is 3.41. The van der Waals surface area contributed by atoms with Gasteiger partial charge in [0.25, 0.3) is 5.91 Å². The number of carbonyl (C=O) groups excluding carboxylic acids is 1. The third-order valence-electron chi connectivity index (χ3n) is 5.15. The van der Waals surface area contributed by atoms with Gasteiger partial charge in [0, 0.05) is 16.8 Å². The van der Waals surface area contributed by atoms with Gasteiger partial charge in [0.1, 0.15) is 23.8 Å². The molecule has 0 fully saturated rings. The van der Waals surface area contributed by atoms with Crippen LogP contribution >= 0.6 is 11.3 Å². The first-order valence-electron chi connectivity index (χ1n) is 9.69. The average Bonchev–Trinajstić information content (AvgIpc) is 3.19. The molecule has 0 saturated heterocycles. The van der Waals surface area contributed by atoms with Crippen LogP contribution in [0.25, 0.3) is 21.1 Å². The first kappa shape index (κ1) is 18.7. The van der Waals surface area contributed by atoms with Crippen LogP contribution in [0.3, 0.4) is 0 Å². The minimum Gasteiger partial charge on any atom is -0.497 e. The Labute approximate surface area is 177 Å². The van der Waals surface area contributed by atoms with E-state index in [0.717, 1.165) is 38.2 Å². The molecule has 2 aromatic carbocycles. The van der Waals surface area contributed by atoms with E-state index in [2.05, 4.69) is 11.4 Å². The molecule has 1 amide bonds. The van der Waals surface area contributed by atoms with Crippen LogP contribution in [0, 0.1) is 0 Å². The van der Waals surface area contributed by atoms with Crippen molar-refractivity contribution in [1.82, 2.24) is 10.3 Å². The van der Waals surface area contributed by atoms with Gasteiger partial charge in [-0.2, -0.15) is 0 Å². The van der Waals surface area contributed by atoms with Crippen LogP contribution in [0.5, 0.6) is 17.2 Å². The number of amides is 1. The molecule has 7 heteroatoms. The predicted molar refractivity (Wildman–Crippen MR) is 117 cm³/mol. The second-order valence-electron chi connectivity index (χ2n) is 7.15. The Bertz CT molecular complexity index is 1270. The van der Waals surface area contributed by atoms with Gasteiger partial charge in [0.15, 0.2) is 11.5 Å². The van der Waals surface area contributed by atoms with Crippen LogP contribution in [-0.2, 0) is 0 Å². The molecule has 1 atom stereocenters. The molecular formula is C23H20N2O4S. The lowest BCUT2D eigenvalue weighted by molar-refractivity contribution is 0.0944. The molecule has 3 heterocycles. The van der Waals surface area contributed by atoms with E-state index in [1.54, 1.807) is 7.11 Å². The van der Waals surface area contributed by atoms with E-state index in [9.17, 15) is 4.79 Å². The Morgan fingerprint density at radius 3 is 2.73 bits per heavy atom. The van der Waals surface area contributed by atoms with Gasteiger partial charge < -0.3 is 19.5 Å². The van der Waals surface area contributed by atoms with Crippen molar-refractivity contribution in [2.75, 3.05) is 20.3 Å². The Morgan fingerprint density at radius 1 is 1.07 bits per heavy atom. The molecule has 0 unspecified atom stereocenters. The van der Waals surface area contributed by atoms with Crippen molar-refractivity contribution in [2.24, 2.45) is 0 Å². The van der Waals surface area contributed by atoms with Crippen LogP contribution in [0.2, 0.25) is 0 Å². The maximum atomic E-state index is 12.9. The van der Waals surface area contributed by atoms with Crippen molar-refractivity contribution >= 4 is 38.4 Å². The Kier molecular flexibility index (Phi) is 4.67. The minimum absolute atomic E-state index is 0.123. The number of hydrogen-bond acceptors (Lipinski definition) is 6. The second-order valence-corrected chi connectivity index (χ2v) is 8.18. The molecule has 0 radical (unpaired) electrons. The molecule has 0 saturated carbocycles. The zero-order valence-corrected chi connectivity index (χ0v) is 17.4. The summed E-state index contributed by atoms with van der Waals surface area (Å²) in [6.45, 7) is 3.04. The van der Waals surface area contributed by atoms with Gasteiger partial charge >= 0.3 is 0 Å². The smallest absolute Gasteiger partial charge is 0.261 e. The Hall–Kier alpha value is -3.32. The maximum Gasteiger partial charge on any atom is 0.261 e. The monoisotopic (exact) mass is 420 g/mol. The van der Waals surface area contributed by atoms with E-state index in [0.29, 0.717) is 23.8 Å². The highest BCUT2D eigenvalue weighted by molar-refractivity contribution is 7.20. The molecule has 6 nitrogen and oxygen atoms in total. The molecule has 0 spiro atoms. The number of carbonyl (C=O) groups is 1. The minimum atomic E-state index is -0.171. The highest BCUT2D eigenvalue weighted by Crippen LogP contribution is 2.33. The van der Waals surface area contributed by atoms with Crippen LogP contribution in [-0.4, -0.2) is 31.2 Å². The van der Waals surface area contributed by atoms with E-state index < -0.39 is 0 Å². The molecule has 0 aliphatic carbocycles. The molecule has 0 bridgehead atoms. The summed E-state index contributed by atoms with van der Waals surface area (Å²) in [5.74, 6) is 2.09. The molecule has 30 heavy (non-hydrogen) atoms. The molecule has 5 rings (SSSR count). The number of methoxy groups -OCH3 is 1. The molecule has 1 aliphatic heterocycles. The van der Waals surface area contributed by atoms with Gasteiger partial charge in [0.2, 0.25) is 0 Å². The largest absolute Gasteiger partial charge is 0.497 e. The summed E-state index contributed by atoms with van der Waals surface area (Å²) >= 11 is 1.39. The van der Waals surface area contributed by atoms with Gasteiger partial charge in [0.05, 0.1) is 23.5 Å². The predicted octanol–water partition coefficient (Wildman–Crippen LogP) is 4.72. The summed E-state index contributed by atoms with van der Waals surface area (Å²) in [7, 11) is 1.64. The Balaban J connectivity index is 1.39. The van der Waals surface area contributed by atoms with Gasteiger partial charge in [-0.05, 0) is 48.9 Å². The van der Waals surface area contributed by atoms with Gasteiger partial charge in [-0.25, -0.2) is 4.98 Å². The zero-order chi connectivity index (χ0) is 20.7. The quantitative estimate of drug-likeness (QED) is 0.517. The molecule has 1 aliphatic rings. The number of ether oxygens (including phenoxy) is 3. The van der Waals surface area contributed by atoms with Crippen molar-refractivity contribution in [3.63, 3.8) is 0 Å². The number of fused-ring (bicyclic) bond motifs is 3. The summed E-state index contributed by atoms with van der Waals surface area (Å²) in [5, 5.41) is 5.03. The molecule has 1 N–H and O–H groups in total. The van der Waals surface area contributed by atoms with Crippen LogP contribution in [0.4, 0.5) is 0 Å². The fourth-order valence-electron chi connectivity index (χ4n) is 3.52. The number of benzene rings is 2. The van der Waals surface area contributed by atoms with Gasteiger partial charge in [-0.3, -0.25) is 4.79 Å². The normalized spacial score (nSPS) is 13.9. The standard InChI is InChI=1S/C23H20N2O4S/c1-13(14-4-6-19-20(10-14)29-8-7-28-19)24-22(26)21-11-16-9-15-3-5-17(27-2)12-18(15)25-23(16)30-21/h3-6,9-13H,7-8H2,1-2H3,(H,24,26)/t13-/m1/s1. The fourth-order valence-corrected chi connectivity index (χ4v) is 4.45. The second kappa shape index (κ2) is 7.50. The third-order valence-corrected chi connectivity index (χ3v) is 6.19. The molecule has 4 aromatic rings. The average molecular weight is 420 g/mol. The van der Waals surface area contributed by atoms with Gasteiger partial charge in [-0.15, -0.1) is 11.3 Å². The van der Waals surface area contributed by atoms with Crippen molar-refractivity contribution < 1.29 is 19.0 Å². The highest BCUT2D eigenvalue weighted by atomic mass is 32.1. The molecular weight excluding hydrogens is 400 g/mol. The summed E-state index contributed by atoms with van der Waals surface area (Å²) in [5.41, 5.74) is 1.81. The lowest BCUT2D eigenvalue weighted by Gasteiger charge is -2.21. The summed E-state index contributed by atoms with van der Waals surface area (Å²) < 4.78 is 16.5. The lowest BCUT2D eigenvalue weighted by atomic mass is 10.1.